The molecule has 0 unspecified atom stereocenters. The Morgan fingerprint density at radius 2 is 1.17 bits per heavy atom. The lowest BCUT2D eigenvalue weighted by atomic mass is 10.3. The fraction of sp³-hybridized carbons (Fsp3) is 1.00. The van der Waals surface area contributed by atoms with E-state index in [1.165, 1.54) is 0 Å². The fourth-order valence-electron chi connectivity index (χ4n) is 0. The van der Waals surface area contributed by atoms with Crippen molar-refractivity contribution < 1.29 is 18.7 Å². The summed E-state index contributed by atoms with van der Waals surface area (Å²) in [7, 11) is 0. The highest BCUT2D eigenvalue weighted by molar-refractivity contribution is 6.50. The van der Waals surface area contributed by atoms with Crippen molar-refractivity contribution in [3.8, 4) is 0 Å². The van der Waals surface area contributed by atoms with Crippen LogP contribution in [0.15, 0.2) is 0 Å². The average Bonchev–Trinajstić information content (AvgIpc) is 1.56. The number of rotatable bonds is 0. The third kappa shape index (κ3) is 8450. The summed E-state index contributed by atoms with van der Waals surface area (Å²) < 4.78 is 39.0. The van der Waals surface area contributed by atoms with E-state index in [4.69, 9.17) is 5.73 Å². The van der Waals surface area contributed by atoms with Gasteiger partial charge >= 0.3 is 8.68 Å². The van der Waals surface area contributed by atoms with E-state index < -0.39 is 7.25 Å². The highest BCUT2D eigenvalue weighted by Gasteiger charge is 2.20. The highest BCUT2D eigenvalue weighted by Crippen LogP contribution is 2.06. The van der Waals surface area contributed by atoms with Gasteiger partial charge in [-0.1, -0.05) is 6.92 Å². The first-order chi connectivity index (χ1) is 5.15. The summed E-state index contributed by atoms with van der Waals surface area (Å²) >= 11 is 0. The van der Waals surface area contributed by atoms with E-state index in [9.17, 15) is 17.3 Å². The first-order valence-corrected chi connectivity index (χ1v) is 3.33. The summed E-state index contributed by atoms with van der Waals surface area (Å²) in [5.41, 5.74) is 4.85. The Kier molecular flexibility index (Phi) is 15.8. The van der Waals surface area contributed by atoms with E-state index in [2.05, 4.69) is 0 Å². The lowest BCUT2D eigenvalue weighted by Gasteiger charge is -1.94. The monoisotopic (exact) mass is 192 g/mol. The van der Waals surface area contributed by atoms with Crippen LogP contribution in [0.25, 0.3) is 0 Å². The second-order valence-electron chi connectivity index (χ2n) is 2.24. The predicted octanol–water partition coefficient (Wildman–Crippen LogP) is 1.56. The van der Waals surface area contributed by atoms with Gasteiger partial charge in [-0.2, -0.15) is 0 Å². The van der Waals surface area contributed by atoms with Gasteiger partial charge in [0, 0.05) is 0 Å². The van der Waals surface area contributed by atoms with Crippen molar-refractivity contribution >= 4 is 7.25 Å². The predicted molar refractivity (Wildman–Crippen MR) is 45.6 cm³/mol. The van der Waals surface area contributed by atoms with Gasteiger partial charge in [-0.25, -0.2) is 0 Å². The second-order valence-corrected chi connectivity index (χ2v) is 2.24. The fourth-order valence-corrected chi connectivity index (χ4v) is 0. The van der Waals surface area contributed by atoms with Crippen molar-refractivity contribution in [2.45, 2.75) is 6.92 Å². The van der Waals surface area contributed by atoms with E-state index in [0.717, 1.165) is 6.54 Å². The first kappa shape index (κ1) is 17.7. The molecule has 0 saturated heterocycles. The highest BCUT2D eigenvalue weighted by atomic mass is 19.5. The molecule has 78 valence electrons. The molecule has 0 aliphatic rings. The van der Waals surface area contributed by atoms with Crippen LogP contribution >= 0.6 is 0 Å². The zero-order valence-corrected chi connectivity index (χ0v) is 7.82. The van der Waals surface area contributed by atoms with Crippen molar-refractivity contribution in [1.82, 2.24) is 4.90 Å². The minimum Gasteiger partial charge on any atom is -0.418 e. The zero-order chi connectivity index (χ0) is 10.8. The van der Waals surface area contributed by atoms with Gasteiger partial charge < -0.3 is 27.9 Å². The molecule has 2 nitrogen and oxygen atoms in total. The van der Waals surface area contributed by atoms with Crippen LogP contribution in [-0.4, -0.2) is 39.8 Å². The Labute approximate surface area is 72.3 Å². The maximum atomic E-state index is 9.75. The third-order valence-electron chi connectivity index (χ3n) is 0. The summed E-state index contributed by atoms with van der Waals surface area (Å²) in [6.07, 6.45) is 0. The van der Waals surface area contributed by atoms with E-state index >= 15 is 0 Å². The Hall–Kier alpha value is -0.295. The van der Waals surface area contributed by atoms with Crippen LogP contribution < -0.4 is 5.73 Å². The van der Waals surface area contributed by atoms with Gasteiger partial charge in [0.2, 0.25) is 0 Å². The average molecular weight is 192 g/mol. The molecule has 0 fully saturated rings. The standard InChI is InChI=1S/C3H9N.C2H7N.BF4/c1-4(2)3;1-2-3;2-1(3,4)5/h1-3H3;2-3H2,1H3;/q;;-1/p+1. The van der Waals surface area contributed by atoms with Gasteiger partial charge in [-0.3, -0.25) is 0 Å². The lowest BCUT2D eigenvalue weighted by Crippen LogP contribution is -2.02. The van der Waals surface area contributed by atoms with Crippen LogP contribution in [0.1, 0.15) is 8.35 Å². The SMILES string of the molecule is CCN.CN(C)C.F[B-](F)(F)F.[H+]. The molecule has 12 heavy (non-hydrogen) atoms. The Bertz CT molecular complexity index is 72.7. The Morgan fingerprint density at radius 3 is 1.17 bits per heavy atom. The quantitative estimate of drug-likeness (QED) is 0.466. The van der Waals surface area contributed by atoms with Crippen molar-refractivity contribution in [3.63, 3.8) is 0 Å². The second kappa shape index (κ2) is 10.7. The molecule has 0 aliphatic heterocycles. The van der Waals surface area contributed by atoms with Gasteiger partial charge in [0.05, 0.1) is 0 Å². The van der Waals surface area contributed by atoms with Crippen LogP contribution in [0.5, 0.6) is 0 Å². The molecule has 0 aromatic heterocycles. The minimum absolute atomic E-state index is 0. The Morgan fingerprint density at radius 1 is 1.17 bits per heavy atom. The van der Waals surface area contributed by atoms with Crippen LogP contribution in [0.2, 0.25) is 0 Å². The first-order valence-electron chi connectivity index (χ1n) is 3.33. The lowest BCUT2D eigenvalue weighted by molar-refractivity contribution is 0.368. The molecule has 0 spiro atoms. The normalized spacial score (nSPS) is 9.50. The molecular formula is C5H17BF4N2. The molecule has 0 aromatic carbocycles. The van der Waals surface area contributed by atoms with Crippen LogP contribution in [0.3, 0.4) is 0 Å². The molecule has 0 aliphatic carbocycles. The molecule has 0 bridgehead atoms. The van der Waals surface area contributed by atoms with Gasteiger partial charge in [0.25, 0.3) is 0 Å². The van der Waals surface area contributed by atoms with Crippen molar-refractivity contribution in [1.29, 1.82) is 0 Å². The third-order valence-corrected chi connectivity index (χ3v) is 0. The van der Waals surface area contributed by atoms with E-state index in [1.807, 2.05) is 33.0 Å². The number of halogens is 4. The molecule has 0 radical (unpaired) electrons. The summed E-state index contributed by atoms with van der Waals surface area (Å²) in [5.74, 6) is 0. The van der Waals surface area contributed by atoms with Gasteiger partial charge in [0.1, 0.15) is 0 Å². The minimum atomic E-state index is -6.00. The molecule has 7 heteroatoms. The van der Waals surface area contributed by atoms with Crippen molar-refractivity contribution in [2.24, 2.45) is 5.73 Å². The van der Waals surface area contributed by atoms with Crippen molar-refractivity contribution in [3.05, 3.63) is 0 Å². The number of nitrogens with two attached hydrogens (primary N) is 1. The maximum Gasteiger partial charge on any atom is 1.00 e. The summed E-state index contributed by atoms with van der Waals surface area (Å²) in [6.45, 7) is 2.65. The van der Waals surface area contributed by atoms with Gasteiger partial charge in [-0.15, -0.1) is 0 Å². The van der Waals surface area contributed by atoms with Gasteiger partial charge in [-0.05, 0) is 27.7 Å². The molecule has 2 N–H and O–H groups in total. The Balaban J connectivity index is -0.0000000465. The molecule has 0 atom stereocenters. The molecule has 0 heterocycles. The van der Waals surface area contributed by atoms with E-state index in [0.29, 0.717) is 0 Å². The summed E-state index contributed by atoms with van der Waals surface area (Å²) in [4.78, 5) is 2.00. The molecule has 0 aromatic rings. The summed E-state index contributed by atoms with van der Waals surface area (Å²) in [5, 5.41) is 0. The van der Waals surface area contributed by atoms with Crippen LogP contribution in [0, 0.1) is 0 Å². The summed E-state index contributed by atoms with van der Waals surface area (Å²) in [6, 6.07) is 0. The number of nitrogens with zero attached hydrogens (tertiary/aromatic N) is 1. The molecule has 0 rings (SSSR count). The van der Waals surface area contributed by atoms with Crippen molar-refractivity contribution in [2.75, 3.05) is 27.7 Å². The van der Waals surface area contributed by atoms with E-state index in [-0.39, 0.29) is 1.43 Å². The smallest absolute Gasteiger partial charge is 0.418 e. The number of hydrogen-bond acceptors (Lipinski definition) is 2. The van der Waals surface area contributed by atoms with Crippen LogP contribution in [-0.2, 0) is 0 Å². The zero-order valence-electron chi connectivity index (χ0n) is 8.82. The molecular weight excluding hydrogens is 175 g/mol. The molecule has 0 saturated carbocycles. The maximum absolute atomic E-state index is 9.75. The van der Waals surface area contributed by atoms with E-state index in [1.54, 1.807) is 0 Å². The largest absolute Gasteiger partial charge is 1.00 e. The topological polar surface area (TPSA) is 29.3 Å². The molecule has 0 amide bonds. The number of hydrogen-bond donors (Lipinski definition) is 1. The van der Waals surface area contributed by atoms with Gasteiger partial charge in [0.15, 0.2) is 0 Å². The van der Waals surface area contributed by atoms with Crippen LogP contribution in [0.4, 0.5) is 17.3 Å².